The molecule has 1 fully saturated rings. The standard InChI is InChI=1S/C18H20N4/c1-3-12-8-14(13-4-5-13)6-7-15(12)21-18-9-17-16(10-19-18)20-11-22(17)2/h6-11,13H,3-5H2,1-2H3,(H,19,21). The number of imidazole rings is 1. The molecule has 4 heteroatoms. The van der Waals surface area contributed by atoms with E-state index in [1.165, 1.54) is 24.0 Å². The Balaban J connectivity index is 1.67. The highest BCUT2D eigenvalue weighted by Gasteiger charge is 2.23. The highest BCUT2D eigenvalue weighted by molar-refractivity contribution is 5.78. The molecule has 0 radical (unpaired) electrons. The molecule has 0 unspecified atom stereocenters. The molecule has 112 valence electrons. The van der Waals surface area contributed by atoms with Crippen LogP contribution in [0.2, 0.25) is 0 Å². The van der Waals surface area contributed by atoms with E-state index in [4.69, 9.17) is 0 Å². The van der Waals surface area contributed by atoms with Crippen molar-refractivity contribution in [2.24, 2.45) is 7.05 Å². The van der Waals surface area contributed by atoms with E-state index >= 15 is 0 Å². The van der Waals surface area contributed by atoms with Crippen LogP contribution in [0.3, 0.4) is 0 Å². The number of nitrogens with zero attached hydrogens (tertiary/aromatic N) is 3. The van der Waals surface area contributed by atoms with Gasteiger partial charge in [-0.15, -0.1) is 0 Å². The molecule has 1 aromatic carbocycles. The van der Waals surface area contributed by atoms with Crippen molar-refractivity contribution in [1.29, 1.82) is 0 Å². The van der Waals surface area contributed by atoms with Gasteiger partial charge < -0.3 is 9.88 Å². The summed E-state index contributed by atoms with van der Waals surface area (Å²) in [4.78, 5) is 8.78. The highest BCUT2D eigenvalue weighted by atomic mass is 15.0. The second kappa shape index (κ2) is 5.13. The van der Waals surface area contributed by atoms with Crippen LogP contribution in [0.15, 0.2) is 36.8 Å². The predicted octanol–water partition coefficient (Wildman–Crippen LogP) is 4.15. The van der Waals surface area contributed by atoms with Gasteiger partial charge in [0, 0.05) is 18.8 Å². The third-order valence-corrected chi connectivity index (χ3v) is 4.43. The van der Waals surface area contributed by atoms with Crippen LogP contribution in [-0.4, -0.2) is 14.5 Å². The normalized spacial score (nSPS) is 14.5. The van der Waals surface area contributed by atoms with Crippen molar-refractivity contribution in [2.45, 2.75) is 32.1 Å². The van der Waals surface area contributed by atoms with Crippen LogP contribution in [0.25, 0.3) is 11.0 Å². The van der Waals surface area contributed by atoms with E-state index in [0.29, 0.717) is 0 Å². The van der Waals surface area contributed by atoms with Gasteiger partial charge in [0.15, 0.2) is 0 Å². The number of aromatic nitrogens is 3. The lowest BCUT2D eigenvalue weighted by atomic mass is 10.0. The van der Waals surface area contributed by atoms with Crippen molar-refractivity contribution in [3.05, 3.63) is 47.9 Å². The van der Waals surface area contributed by atoms with Gasteiger partial charge >= 0.3 is 0 Å². The second-order valence-electron chi connectivity index (χ2n) is 6.08. The van der Waals surface area contributed by atoms with Crippen LogP contribution in [0.5, 0.6) is 0 Å². The summed E-state index contributed by atoms with van der Waals surface area (Å²) in [5, 5.41) is 3.47. The Morgan fingerprint density at radius 1 is 1.23 bits per heavy atom. The maximum atomic E-state index is 4.47. The number of hydrogen-bond acceptors (Lipinski definition) is 3. The SMILES string of the molecule is CCc1cc(C2CC2)ccc1Nc1cc2c(cn1)ncn2C. The van der Waals surface area contributed by atoms with Gasteiger partial charge in [0.05, 0.1) is 18.0 Å². The van der Waals surface area contributed by atoms with Gasteiger partial charge in [-0.25, -0.2) is 9.97 Å². The van der Waals surface area contributed by atoms with Gasteiger partial charge in [0.1, 0.15) is 11.3 Å². The summed E-state index contributed by atoms with van der Waals surface area (Å²) in [5.41, 5.74) is 6.01. The van der Waals surface area contributed by atoms with E-state index in [2.05, 4.69) is 46.5 Å². The Morgan fingerprint density at radius 2 is 2.09 bits per heavy atom. The second-order valence-corrected chi connectivity index (χ2v) is 6.08. The van der Waals surface area contributed by atoms with Crippen LogP contribution in [0.1, 0.15) is 36.8 Å². The fraction of sp³-hybridized carbons (Fsp3) is 0.333. The molecule has 3 aromatic rings. The first kappa shape index (κ1) is 13.3. The zero-order chi connectivity index (χ0) is 15.1. The average molecular weight is 292 g/mol. The van der Waals surface area contributed by atoms with E-state index in [1.807, 2.05) is 24.1 Å². The van der Waals surface area contributed by atoms with Crippen molar-refractivity contribution in [1.82, 2.24) is 14.5 Å². The lowest BCUT2D eigenvalue weighted by molar-refractivity contribution is 0.947. The Morgan fingerprint density at radius 3 is 2.86 bits per heavy atom. The number of benzene rings is 1. The first-order valence-corrected chi connectivity index (χ1v) is 7.91. The van der Waals surface area contributed by atoms with Crippen LogP contribution >= 0.6 is 0 Å². The van der Waals surface area contributed by atoms with Gasteiger partial charge in [0.2, 0.25) is 0 Å². The molecule has 1 aliphatic carbocycles. The molecule has 1 N–H and O–H groups in total. The Kier molecular flexibility index (Phi) is 3.10. The smallest absolute Gasteiger partial charge is 0.132 e. The van der Waals surface area contributed by atoms with Crippen LogP contribution < -0.4 is 5.32 Å². The van der Waals surface area contributed by atoms with E-state index in [9.17, 15) is 0 Å². The number of rotatable bonds is 4. The Bertz CT molecular complexity index is 830. The number of anilines is 2. The minimum atomic E-state index is 0.795. The lowest BCUT2D eigenvalue weighted by Gasteiger charge is -2.12. The highest BCUT2D eigenvalue weighted by Crippen LogP contribution is 2.41. The average Bonchev–Trinajstić information content (AvgIpc) is 3.33. The number of nitrogens with one attached hydrogen (secondary N) is 1. The van der Waals surface area contributed by atoms with Gasteiger partial charge in [-0.1, -0.05) is 19.1 Å². The summed E-state index contributed by atoms with van der Waals surface area (Å²) >= 11 is 0. The maximum Gasteiger partial charge on any atom is 0.132 e. The number of pyridine rings is 1. The first-order chi connectivity index (χ1) is 10.7. The minimum Gasteiger partial charge on any atom is -0.340 e. The first-order valence-electron chi connectivity index (χ1n) is 7.91. The summed E-state index contributed by atoms with van der Waals surface area (Å²) in [6.07, 6.45) is 7.35. The van der Waals surface area contributed by atoms with Crippen molar-refractivity contribution >= 4 is 22.5 Å². The van der Waals surface area contributed by atoms with Crippen molar-refractivity contribution in [2.75, 3.05) is 5.32 Å². The fourth-order valence-corrected chi connectivity index (χ4v) is 2.94. The molecule has 0 saturated heterocycles. The topological polar surface area (TPSA) is 42.7 Å². The number of aryl methyl sites for hydroxylation is 2. The summed E-state index contributed by atoms with van der Waals surface area (Å²) in [6.45, 7) is 2.20. The summed E-state index contributed by atoms with van der Waals surface area (Å²) in [7, 11) is 2.00. The summed E-state index contributed by atoms with van der Waals surface area (Å²) in [5.74, 6) is 1.66. The Hall–Kier alpha value is -2.36. The molecule has 4 rings (SSSR count). The number of hydrogen-bond donors (Lipinski definition) is 1. The third kappa shape index (κ3) is 2.34. The van der Waals surface area contributed by atoms with Crippen LogP contribution in [0.4, 0.5) is 11.5 Å². The van der Waals surface area contributed by atoms with Gasteiger partial charge in [-0.05, 0) is 42.4 Å². The molecule has 0 bridgehead atoms. The molecule has 0 spiro atoms. The largest absolute Gasteiger partial charge is 0.340 e. The third-order valence-electron chi connectivity index (χ3n) is 4.43. The summed E-state index contributed by atoms with van der Waals surface area (Å²) < 4.78 is 2.01. The molecule has 0 atom stereocenters. The molecule has 22 heavy (non-hydrogen) atoms. The van der Waals surface area contributed by atoms with Gasteiger partial charge in [0.25, 0.3) is 0 Å². The van der Waals surface area contributed by atoms with Crippen molar-refractivity contribution in [3.63, 3.8) is 0 Å². The zero-order valence-corrected chi connectivity index (χ0v) is 13.0. The predicted molar refractivity (Wildman–Crippen MR) is 89.6 cm³/mol. The van der Waals surface area contributed by atoms with Gasteiger partial charge in [-0.2, -0.15) is 0 Å². The van der Waals surface area contributed by atoms with E-state index < -0.39 is 0 Å². The monoisotopic (exact) mass is 292 g/mol. The minimum absolute atomic E-state index is 0.795. The van der Waals surface area contributed by atoms with E-state index in [1.54, 1.807) is 0 Å². The summed E-state index contributed by atoms with van der Waals surface area (Å²) in [6, 6.07) is 8.85. The molecular formula is C18H20N4. The Labute approximate surface area is 130 Å². The van der Waals surface area contributed by atoms with E-state index in [0.717, 1.165) is 34.9 Å². The molecule has 4 nitrogen and oxygen atoms in total. The van der Waals surface area contributed by atoms with Crippen molar-refractivity contribution < 1.29 is 0 Å². The molecule has 0 amide bonds. The van der Waals surface area contributed by atoms with E-state index in [-0.39, 0.29) is 0 Å². The number of fused-ring (bicyclic) bond motifs is 1. The molecule has 1 aliphatic rings. The maximum absolute atomic E-state index is 4.47. The molecular weight excluding hydrogens is 272 g/mol. The fourth-order valence-electron chi connectivity index (χ4n) is 2.94. The van der Waals surface area contributed by atoms with Crippen LogP contribution in [-0.2, 0) is 13.5 Å². The lowest BCUT2D eigenvalue weighted by Crippen LogP contribution is -1.99. The molecule has 1 saturated carbocycles. The zero-order valence-electron chi connectivity index (χ0n) is 13.0. The van der Waals surface area contributed by atoms with Crippen molar-refractivity contribution in [3.8, 4) is 0 Å². The quantitative estimate of drug-likeness (QED) is 0.785. The molecule has 2 aromatic heterocycles. The van der Waals surface area contributed by atoms with Crippen LogP contribution in [0, 0.1) is 0 Å². The molecule has 0 aliphatic heterocycles. The molecule has 2 heterocycles. The van der Waals surface area contributed by atoms with Gasteiger partial charge in [-0.3, -0.25) is 0 Å².